The van der Waals surface area contributed by atoms with Crippen LogP contribution in [0.15, 0.2) is 59.2 Å². The van der Waals surface area contributed by atoms with Gasteiger partial charge in [0, 0.05) is 12.0 Å². The van der Waals surface area contributed by atoms with E-state index in [1.807, 2.05) is 70.2 Å². The van der Waals surface area contributed by atoms with Gasteiger partial charge in [-0.3, -0.25) is 0 Å². The predicted molar refractivity (Wildman–Crippen MR) is 127 cm³/mol. The molecular weight excluding hydrogens is 418 g/mol. The molecule has 0 fully saturated rings. The predicted octanol–water partition coefficient (Wildman–Crippen LogP) is 6.04. The number of hydrogen-bond donors (Lipinski definition) is 0. The summed E-state index contributed by atoms with van der Waals surface area (Å²) in [4.78, 5) is 16.0. The van der Waals surface area contributed by atoms with E-state index in [1.165, 1.54) is 12.3 Å². The molecule has 1 heterocycles. The fourth-order valence-corrected chi connectivity index (χ4v) is 3.51. The summed E-state index contributed by atoms with van der Waals surface area (Å²) in [6, 6.07) is 13.8. The average molecular weight is 450 g/mol. The molecule has 0 radical (unpaired) electrons. The summed E-state index contributed by atoms with van der Waals surface area (Å²) in [5.74, 6) is 1.85. The Bertz CT molecular complexity index is 1100. The Kier molecular flexibility index (Phi) is 8.30. The van der Waals surface area contributed by atoms with Crippen LogP contribution in [0.2, 0.25) is 0 Å². The highest BCUT2D eigenvalue weighted by molar-refractivity contribution is 5.81. The molecule has 1 unspecified atom stereocenters. The molecular formula is C27H31NO5. The van der Waals surface area contributed by atoms with Gasteiger partial charge in [-0.1, -0.05) is 24.3 Å². The van der Waals surface area contributed by atoms with E-state index in [1.54, 1.807) is 6.92 Å². The van der Waals surface area contributed by atoms with Gasteiger partial charge in [0.2, 0.25) is 5.89 Å². The minimum absolute atomic E-state index is 0.211. The van der Waals surface area contributed by atoms with Crippen LogP contribution >= 0.6 is 0 Å². The van der Waals surface area contributed by atoms with Gasteiger partial charge in [0.05, 0.1) is 31.2 Å². The standard InChI is InChI=1S/C27H31NO5/c1-6-30-26(29)15-17-31-20(4)23-12-13-25(19(3)18(23)2)32-16-14-24-21(5)33-27(28-24)22-10-8-7-9-11-22/h7-13,15,17,20H,6,14,16H2,1-5H3/b17-15+. The van der Waals surface area contributed by atoms with Crippen LogP contribution in [-0.2, 0) is 20.7 Å². The Balaban J connectivity index is 1.60. The highest BCUT2D eigenvalue weighted by Crippen LogP contribution is 2.30. The number of oxazole rings is 1. The van der Waals surface area contributed by atoms with Crippen LogP contribution in [0.5, 0.6) is 5.75 Å². The fraction of sp³-hybridized carbons (Fsp3) is 0.333. The van der Waals surface area contributed by atoms with E-state index in [2.05, 4.69) is 4.98 Å². The summed E-state index contributed by atoms with van der Waals surface area (Å²) in [6.07, 6.45) is 3.11. The van der Waals surface area contributed by atoms with Crippen LogP contribution in [-0.4, -0.2) is 24.2 Å². The molecule has 2 aromatic carbocycles. The van der Waals surface area contributed by atoms with Crippen molar-refractivity contribution in [1.29, 1.82) is 0 Å². The molecule has 0 aliphatic heterocycles. The lowest BCUT2D eigenvalue weighted by molar-refractivity contribution is -0.137. The molecule has 0 aliphatic carbocycles. The lowest BCUT2D eigenvalue weighted by atomic mass is 9.99. The highest BCUT2D eigenvalue weighted by Gasteiger charge is 2.15. The van der Waals surface area contributed by atoms with Crippen LogP contribution in [0.4, 0.5) is 0 Å². The van der Waals surface area contributed by atoms with Crippen molar-refractivity contribution in [3.63, 3.8) is 0 Å². The highest BCUT2D eigenvalue weighted by atomic mass is 16.5. The van der Waals surface area contributed by atoms with Crippen molar-refractivity contribution in [2.24, 2.45) is 0 Å². The van der Waals surface area contributed by atoms with E-state index < -0.39 is 5.97 Å². The number of esters is 1. The zero-order chi connectivity index (χ0) is 23.8. The topological polar surface area (TPSA) is 70.8 Å². The number of benzene rings is 2. The van der Waals surface area contributed by atoms with E-state index in [0.717, 1.165) is 39.5 Å². The monoisotopic (exact) mass is 449 g/mol. The van der Waals surface area contributed by atoms with E-state index in [9.17, 15) is 4.79 Å². The number of ether oxygens (including phenoxy) is 3. The first-order valence-electron chi connectivity index (χ1n) is 11.1. The second-order valence-electron chi connectivity index (χ2n) is 7.72. The van der Waals surface area contributed by atoms with Gasteiger partial charge in [0.1, 0.15) is 17.6 Å². The van der Waals surface area contributed by atoms with Crippen LogP contribution in [0.25, 0.3) is 11.5 Å². The Morgan fingerprint density at radius 1 is 1.09 bits per heavy atom. The van der Waals surface area contributed by atoms with E-state index in [-0.39, 0.29) is 6.10 Å². The van der Waals surface area contributed by atoms with Crippen LogP contribution in [0, 0.1) is 20.8 Å². The first-order valence-corrected chi connectivity index (χ1v) is 11.1. The van der Waals surface area contributed by atoms with E-state index in [4.69, 9.17) is 18.6 Å². The second-order valence-corrected chi connectivity index (χ2v) is 7.72. The Labute approximate surface area is 195 Å². The molecule has 6 nitrogen and oxygen atoms in total. The summed E-state index contributed by atoms with van der Waals surface area (Å²) in [7, 11) is 0. The van der Waals surface area contributed by atoms with Gasteiger partial charge in [-0.15, -0.1) is 0 Å². The lowest BCUT2D eigenvalue weighted by Crippen LogP contribution is -2.06. The minimum Gasteiger partial charge on any atom is -0.493 e. The molecule has 0 saturated carbocycles. The zero-order valence-electron chi connectivity index (χ0n) is 19.9. The first kappa shape index (κ1) is 24.1. The maximum Gasteiger partial charge on any atom is 0.333 e. The quantitative estimate of drug-likeness (QED) is 0.213. The third-order valence-corrected chi connectivity index (χ3v) is 5.50. The lowest BCUT2D eigenvalue weighted by Gasteiger charge is -2.18. The van der Waals surface area contributed by atoms with Crippen molar-refractivity contribution in [1.82, 2.24) is 4.98 Å². The Morgan fingerprint density at radius 3 is 2.58 bits per heavy atom. The third-order valence-electron chi connectivity index (χ3n) is 5.50. The maximum atomic E-state index is 11.4. The minimum atomic E-state index is -0.417. The van der Waals surface area contributed by atoms with Crippen molar-refractivity contribution in [2.45, 2.75) is 47.1 Å². The second kappa shape index (κ2) is 11.4. The van der Waals surface area contributed by atoms with Gasteiger partial charge in [0.25, 0.3) is 0 Å². The molecule has 3 aromatic rings. The van der Waals surface area contributed by atoms with Crippen molar-refractivity contribution >= 4 is 5.97 Å². The number of aromatic nitrogens is 1. The molecule has 0 N–H and O–H groups in total. The molecule has 1 aromatic heterocycles. The van der Waals surface area contributed by atoms with Crippen molar-refractivity contribution in [3.8, 4) is 17.2 Å². The summed E-state index contributed by atoms with van der Waals surface area (Å²) in [5, 5.41) is 0. The molecule has 0 amide bonds. The Hall–Kier alpha value is -3.54. The number of carbonyl (C=O) groups excluding carboxylic acids is 1. The van der Waals surface area contributed by atoms with Crippen LogP contribution in [0.3, 0.4) is 0 Å². The van der Waals surface area contributed by atoms with Crippen LogP contribution < -0.4 is 4.74 Å². The molecule has 0 aliphatic rings. The molecule has 3 rings (SSSR count). The van der Waals surface area contributed by atoms with Gasteiger partial charge >= 0.3 is 5.97 Å². The van der Waals surface area contributed by atoms with Gasteiger partial charge in [-0.2, -0.15) is 0 Å². The summed E-state index contributed by atoms with van der Waals surface area (Å²) < 4.78 is 22.4. The first-order chi connectivity index (χ1) is 15.9. The zero-order valence-corrected chi connectivity index (χ0v) is 19.9. The van der Waals surface area contributed by atoms with Crippen molar-refractivity contribution in [2.75, 3.05) is 13.2 Å². The van der Waals surface area contributed by atoms with Gasteiger partial charge in [0.15, 0.2) is 0 Å². The van der Waals surface area contributed by atoms with Gasteiger partial charge in [-0.05, 0) is 69.5 Å². The van der Waals surface area contributed by atoms with E-state index in [0.29, 0.717) is 25.5 Å². The summed E-state index contributed by atoms with van der Waals surface area (Å²) in [5.41, 5.74) is 5.04. The van der Waals surface area contributed by atoms with Crippen molar-refractivity contribution < 1.29 is 23.4 Å². The molecule has 174 valence electrons. The van der Waals surface area contributed by atoms with Crippen LogP contribution in [0.1, 0.15) is 48.1 Å². The molecule has 1 atom stereocenters. The SMILES string of the molecule is CCOC(=O)/C=C/OC(C)c1ccc(OCCc2nc(-c3ccccc3)oc2C)c(C)c1C. The Morgan fingerprint density at radius 2 is 1.85 bits per heavy atom. The average Bonchev–Trinajstić information content (AvgIpc) is 3.18. The molecule has 0 bridgehead atoms. The number of carbonyl (C=O) groups is 1. The summed E-state index contributed by atoms with van der Waals surface area (Å²) >= 11 is 0. The fourth-order valence-electron chi connectivity index (χ4n) is 3.51. The molecule has 0 spiro atoms. The molecule has 6 heteroatoms. The summed E-state index contributed by atoms with van der Waals surface area (Å²) in [6.45, 7) is 10.5. The third kappa shape index (κ3) is 6.25. The number of rotatable bonds is 10. The number of aryl methyl sites for hydroxylation is 1. The number of nitrogens with zero attached hydrogens (tertiary/aromatic N) is 1. The van der Waals surface area contributed by atoms with E-state index >= 15 is 0 Å². The van der Waals surface area contributed by atoms with Gasteiger partial charge in [-0.25, -0.2) is 9.78 Å². The van der Waals surface area contributed by atoms with Crippen molar-refractivity contribution in [3.05, 3.63) is 82.9 Å². The van der Waals surface area contributed by atoms with Gasteiger partial charge < -0.3 is 18.6 Å². The smallest absolute Gasteiger partial charge is 0.333 e. The maximum absolute atomic E-state index is 11.4. The molecule has 33 heavy (non-hydrogen) atoms. The number of hydrogen-bond acceptors (Lipinski definition) is 6. The largest absolute Gasteiger partial charge is 0.493 e. The molecule has 0 saturated heterocycles. The normalized spacial score (nSPS) is 12.0.